The fraction of sp³-hybridized carbons (Fsp3) is 0.0714. The van der Waals surface area contributed by atoms with Crippen molar-refractivity contribution < 1.29 is 15.0 Å². The Morgan fingerprint density at radius 3 is 2.68 bits per heavy atom. The lowest BCUT2D eigenvalue weighted by molar-refractivity contribution is 0.102. The van der Waals surface area contributed by atoms with Crippen LogP contribution in [-0.2, 0) is 0 Å². The molecule has 0 unspecified atom stereocenters. The largest absolute Gasteiger partial charge is 0.508 e. The van der Waals surface area contributed by atoms with Gasteiger partial charge in [0.15, 0.2) is 0 Å². The molecular formula is C14H12INO3. The summed E-state index contributed by atoms with van der Waals surface area (Å²) in [5.41, 5.74) is 1.67. The predicted molar refractivity (Wildman–Crippen MR) is 81.6 cm³/mol. The maximum Gasteiger partial charge on any atom is 0.259 e. The number of hydrogen-bond acceptors (Lipinski definition) is 3. The first kappa shape index (κ1) is 13.7. The molecular weight excluding hydrogens is 357 g/mol. The molecule has 2 aromatic carbocycles. The smallest absolute Gasteiger partial charge is 0.259 e. The van der Waals surface area contributed by atoms with E-state index in [0.717, 1.165) is 9.13 Å². The molecule has 0 aliphatic rings. The number of halogens is 1. The van der Waals surface area contributed by atoms with Crippen LogP contribution < -0.4 is 5.32 Å². The minimum Gasteiger partial charge on any atom is -0.508 e. The Morgan fingerprint density at radius 2 is 1.95 bits per heavy atom. The number of aromatic hydroxyl groups is 2. The number of amides is 1. The Bertz CT molecular complexity index is 641. The molecule has 2 aromatic rings. The number of phenolic OH excluding ortho intramolecular Hbond substituents is 2. The number of rotatable bonds is 2. The molecule has 0 saturated heterocycles. The van der Waals surface area contributed by atoms with Gasteiger partial charge in [-0.1, -0.05) is 6.07 Å². The van der Waals surface area contributed by atoms with Crippen molar-refractivity contribution in [2.75, 3.05) is 5.32 Å². The zero-order valence-corrected chi connectivity index (χ0v) is 12.3. The minimum atomic E-state index is -0.460. The van der Waals surface area contributed by atoms with Gasteiger partial charge < -0.3 is 15.5 Å². The van der Waals surface area contributed by atoms with E-state index in [9.17, 15) is 15.0 Å². The van der Waals surface area contributed by atoms with Crippen LogP contribution >= 0.6 is 22.6 Å². The Balaban J connectivity index is 2.31. The molecule has 0 heterocycles. The van der Waals surface area contributed by atoms with Crippen LogP contribution in [0, 0.1) is 10.5 Å². The lowest BCUT2D eigenvalue weighted by Gasteiger charge is -2.10. The SMILES string of the molecule is Cc1c(I)cccc1NC(=O)c1cc(O)ccc1O. The molecule has 2 rings (SSSR count). The second-order valence-corrected chi connectivity index (χ2v) is 5.23. The Kier molecular flexibility index (Phi) is 3.94. The van der Waals surface area contributed by atoms with E-state index in [1.807, 2.05) is 19.1 Å². The van der Waals surface area contributed by atoms with Gasteiger partial charge in [0.05, 0.1) is 5.56 Å². The van der Waals surface area contributed by atoms with E-state index < -0.39 is 5.91 Å². The van der Waals surface area contributed by atoms with Gasteiger partial charge in [-0.15, -0.1) is 0 Å². The average Bonchev–Trinajstić information content (AvgIpc) is 2.38. The second-order valence-electron chi connectivity index (χ2n) is 4.07. The number of carbonyl (C=O) groups is 1. The molecule has 5 heteroatoms. The van der Waals surface area contributed by atoms with Gasteiger partial charge in [-0.3, -0.25) is 4.79 Å². The number of carbonyl (C=O) groups excluding carboxylic acids is 1. The third-order valence-electron chi connectivity index (χ3n) is 2.74. The normalized spacial score (nSPS) is 10.2. The molecule has 0 spiro atoms. The fourth-order valence-electron chi connectivity index (χ4n) is 1.64. The van der Waals surface area contributed by atoms with E-state index >= 15 is 0 Å². The van der Waals surface area contributed by atoms with Gasteiger partial charge in [-0.25, -0.2) is 0 Å². The van der Waals surface area contributed by atoms with E-state index in [1.165, 1.54) is 18.2 Å². The summed E-state index contributed by atoms with van der Waals surface area (Å²) in [6, 6.07) is 9.40. The van der Waals surface area contributed by atoms with Crippen molar-refractivity contribution in [3.8, 4) is 11.5 Å². The molecule has 0 bridgehead atoms. The second kappa shape index (κ2) is 5.48. The molecule has 0 aliphatic heterocycles. The van der Waals surface area contributed by atoms with Crippen LogP contribution in [0.15, 0.2) is 36.4 Å². The van der Waals surface area contributed by atoms with Crippen LogP contribution in [0.5, 0.6) is 11.5 Å². The summed E-state index contributed by atoms with van der Waals surface area (Å²) < 4.78 is 1.04. The van der Waals surface area contributed by atoms with Gasteiger partial charge in [0.25, 0.3) is 5.91 Å². The third kappa shape index (κ3) is 2.98. The Labute approximate surface area is 124 Å². The first-order valence-electron chi connectivity index (χ1n) is 5.57. The van der Waals surface area contributed by atoms with Crippen molar-refractivity contribution in [1.29, 1.82) is 0 Å². The molecule has 19 heavy (non-hydrogen) atoms. The number of nitrogens with one attached hydrogen (secondary N) is 1. The van der Waals surface area contributed by atoms with E-state index in [-0.39, 0.29) is 17.1 Å². The highest BCUT2D eigenvalue weighted by atomic mass is 127. The molecule has 0 saturated carbocycles. The molecule has 3 N–H and O–H groups in total. The molecule has 0 aliphatic carbocycles. The molecule has 4 nitrogen and oxygen atoms in total. The van der Waals surface area contributed by atoms with Crippen LogP contribution in [0.3, 0.4) is 0 Å². The zero-order valence-electron chi connectivity index (χ0n) is 10.1. The molecule has 0 radical (unpaired) electrons. The molecule has 0 aromatic heterocycles. The van der Waals surface area contributed by atoms with Gasteiger partial charge in [-0.05, 0) is 65.4 Å². The van der Waals surface area contributed by atoms with Crippen molar-refractivity contribution in [1.82, 2.24) is 0 Å². The average molecular weight is 369 g/mol. The lowest BCUT2D eigenvalue weighted by atomic mass is 10.1. The van der Waals surface area contributed by atoms with Crippen LogP contribution in [0.2, 0.25) is 0 Å². The van der Waals surface area contributed by atoms with Crippen molar-refractivity contribution in [3.63, 3.8) is 0 Å². The highest BCUT2D eigenvalue weighted by Crippen LogP contribution is 2.25. The van der Waals surface area contributed by atoms with E-state index in [0.29, 0.717) is 5.69 Å². The van der Waals surface area contributed by atoms with Crippen LogP contribution in [0.1, 0.15) is 15.9 Å². The monoisotopic (exact) mass is 369 g/mol. The maximum atomic E-state index is 12.1. The Hall–Kier alpha value is -1.76. The van der Waals surface area contributed by atoms with Crippen LogP contribution in [-0.4, -0.2) is 16.1 Å². The van der Waals surface area contributed by atoms with Crippen molar-refractivity contribution in [2.45, 2.75) is 6.92 Å². The summed E-state index contributed by atoms with van der Waals surface area (Å²) in [4.78, 5) is 12.1. The molecule has 98 valence electrons. The number of anilines is 1. The number of benzene rings is 2. The maximum absolute atomic E-state index is 12.1. The van der Waals surface area contributed by atoms with Gasteiger partial charge in [-0.2, -0.15) is 0 Å². The van der Waals surface area contributed by atoms with Gasteiger partial charge in [0.2, 0.25) is 0 Å². The van der Waals surface area contributed by atoms with Crippen molar-refractivity contribution in [2.24, 2.45) is 0 Å². The Morgan fingerprint density at radius 1 is 1.21 bits per heavy atom. The lowest BCUT2D eigenvalue weighted by Crippen LogP contribution is -2.13. The highest BCUT2D eigenvalue weighted by molar-refractivity contribution is 14.1. The summed E-state index contributed by atoms with van der Waals surface area (Å²) in [5, 5.41) is 21.7. The highest BCUT2D eigenvalue weighted by Gasteiger charge is 2.13. The molecule has 1 amide bonds. The summed E-state index contributed by atoms with van der Waals surface area (Å²) >= 11 is 2.18. The quantitative estimate of drug-likeness (QED) is 0.562. The number of hydrogen-bond donors (Lipinski definition) is 3. The van der Waals surface area contributed by atoms with Crippen molar-refractivity contribution >= 4 is 34.2 Å². The molecule has 0 fully saturated rings. The van der Waals surface area contributed by atoms with E-state index in [1.54, 1.807) is 6.07 Å². The molecule has 0 atom stereocenters. The first-order valence-corrected chi connectivity index (χ1v) is 6.65. The standard InChI is InChI=1S/C14H12INO3/c1-8-11(15)3-2-4-12(8)16-14(19)10-7-9(17)5-6-13(10)18/h2-7,17-18H,1H3,(H,16,19). The minimum absolute atomic E-state index is 0.0401. The topological polar surface area (TPSA) is 69.6 Å². The fourth-order valence-corrected chi connectivity index (χ4v) is 2.14. The van der Waals surface area contributed by atoms with Gasteiger partial charge in [0, 0.05) is 9.26 Å². The summed E-state index contributed by atoms with van der Waals surface area (Å²) in [5.74, 6) is -0.695. The van der Waals surface area contributed by atoms with E-state index in [2.05, 4.69) is 27.9 Å². The van der Waals surface area contributed by atoms with Crippen LogP contribution in [0.25, 0.3) is 0 Å². The van der Waals surface area contributed by atoms with Crippen molar-refractivity contribution in [3.05, 3.63) is 51.1 Å². The number of phenols is 2. The summed E-state index contributed by atoms with van der Waals surface area (Å²) in [6.45, 7) is 1.90. The third-order valence-corrected chi connectivity index (χ3v) is 3.91. The predicted octanol–water partition coefficient (Wildman–Crippen LogP) is 3.26. The zero-order chi connectivity index (χ0) is 14.0. The van der Waals surface area contributed by atoms with Gasteiger partial charge in [0.1, 0.15) is 11.5 Å². The van der Waals surface area contributed by atoms with Crippen LogP contribution in [0.4, 0.5) is 5.69 Å². The summed E-state index contributed by atoms with van der Waals surface area (Å²) in [7, 11) is 0. The van der Waals surface area contributed by atoms with Gasteiger partial charge >= 0.3 is 0 Å². The first-order chi connectivity index (χ1) is 8.99. The summed E-state index contributed by atoms with van der Waals surface area (Å²) in [6.07, 6.45) is 0. The van der Waals surface area contributed by atoms with E-state index in [4.69, 9.17) is 0 Å².